The summed E-state index contributed by atoms with van der Waals surface area (Å²) < 4.78 is 23.1. The lowest BCUT2D eigenvalue weighted by Crippen LogP contribution is -2.68. The summed E-state index contributed by atoms with van der Waals surface area (Å²) in [5.41, 5.74) is 30.0. The maximum atomic E-state index is 11.0. The largest absolute Gasteiger partial charge is 0.390 e. The average molecular weight is 466 g/mol. The zero-order valence-corrected chi connectivity index (χ0v) is 18.2. The molecule has 14 N–H and O–H groups in total. The van der Waals surface area contributed by atoms with Gasteiger partial charge < -0.3 is 68.0 Å². The minimum absolute atomic E-state index is 0.0746. The minimum Gasteiger partial charge on any atom is -0.390 e. The smallest absolute Gasteiger partial charge is 0.186 e. The van der Waals surface area contributed by atoms with Gasteiger partial charge in [-0.1, -0.05) is 6.92 Å². The van der Waals surface area contributed by atoms with Crippen LogP contribution in [0, 0.1) is 0 Å². The molecule has 1 saturated carbocycles. The molecule has 13 nitrogen and oxygen atoms in total. The monoisotopic (exact) mass is 465 g/mol. The van der Waals surface area contributed by atoms with E-state index in [1.807, 2.05) is 0 Å². The Kier molecular flexibility index (Phi) is 8.82. The lowest BCUT2D eigenvalue weighted by atomic mass is 9.84. The predicted molar refractivity (Wildman–Crippen MR) is 112 cm³/mol. The first-order valence-corrected chi connectivity index (χ1v) is 11.1. The third-order valence-corrected chi connectivity index (χ3v) is 6.64. The first-order valence-electron chi connectivity index (χ1n) is 11.1. The quantitative estimate of drug-likeness (QED) is 0.179. The van der Waals surface area contributed by atoms with E-state index in [1.54, 1.807) is 6.92 Å². The van der Waals surface area contributed by atoms with Gasteiger partial charge in [0, 0.05) is 18.6 Å². The zero-order valence-electron chi connectivity index (χ0n) is 18.2. The standard InChI is InChI=1S/C19H39N5O8/c1-2-10-13(26)12(24)14(27)19(29-10)32-17-7(22)3-6(21)16(15(17)28)31-18-8(23)4-9(25)11(5-20)30-18/h6-19,25-28H,2-5,20-24H2,1H3/t6-,7?,8+,9-,10+,11+,12-,13+,14+,15-,16+,17-,18+,19+/m0/s1. The van der Waals surface area contributed by atoms with Gasteiger partial charge >= 0.3 is 0 Å². The van der Waals surface area contributed by atoms with Crippen molar-refractivity contribution in [3.63, 3.8) is 0 Å². The van der Waals surface area contributed by atoms with Crippen molar-refractivity contribution >= 4 is 0 Å². The maximum absolute atomic E-state index is 11.0. The van der Waals surface area contributed by atoms with Gasteiger partial charge in [0.1, 0.15) is 24.4 Å². The van der Waals surface area contributed by atoms with Crippen molar-refractivity contribution in [3.8, 4) is 0 Å². The van der Waals surface area contributed by atoms with Crippen molar-refractivity contribution in [3.05, 3.63) is 0 Å². The molecule has 2 heterocycles. The van der Waals surface area contributed by atoms with Crippen LogP contribution in [0.3, 0.4) is 0 Å². The normalized spacial score (nSPS) is 52.7. The summed E-state index contributed by atoms with van der Waals surface area (Å²) in [6.45, 7) is 1.88. The van der Waals surface area contributed by atoms with Crippen LogP contribution in [0.1, 0.15) is 26.2 Å². The predicted octanol–water partition coefficient (Wildman–Crippen LogP) is -4.88. The van der Waals surface area contributed by atoms with E-state index < -0.39 is 85.6 Å². The summed E-state index contributed by atoms with van der Waals surface area (Å²) in [6, 6.07) is -2.98. The number of hydrogen-bond donors (Lipinski definition) is 9. The molecule has 1 aliphatic carbocycles. The molecule has 188 valence electrons. The van der Waals surface area contributed by atoms with Crippen LogP contribution < -0.4 is 28.7 Å². The van der Waals surface area contributed by atoms with E-state index in [0.717, 1.165) is 0 Å². The van der Waals surface area contributed by atoms with Gasteiger partial charge in [-0.2, -0.15) is 0 Å². The maximum Gasteiger partial charge on any atom is 0.186 e. The van der Waals surface area contributed by atoms with Crippen molar-refractivity contribution in [1.82, 2.24) is 0 Å². The number of hydrogen-bond acceptors (Lipinski definition) is 13. The Labute approximate surface area is 187 Å². The number of nitrogens with two attached hydrogens (primary N) is 5. The molecule has 0 aromatic carbocycles. The Morgan fingerprint density at radius 3 is 1.88 bits per heavy atom. The molecular weight excluding hydrogens is 426 g/mol. The molecule has 0 spiro atoms. The molecule has 0 aromatic rings. The number of aliphatic hydroxyl groups is 4. The average Bonchev–Trinajstić information content (AvgIpc) is 2.75. The summed E-state index contributed by atoms with van der Waals surface area (Å²) in [7, 11) is 0. The number of ether oxygens (including phenoxy) is 4. The van der Waals surface area contributed by atoms with Crippen molar-refractivity contribution in [2.24, 2.45) is 28.7 Å². The number of rotatable bonds is 6. The van der Waals surface area contributed by atoms with Crippen LogP contribution in [0.15, 0.2) is 0 Å². The van der Waals surface area contributed by atoms with Gasteiger partial charge in [0.2, 0.25) is 0 Å². The Bertz CT molecular complexity index is 606. The van der Waals surface area contributed by atoms with Crippen LogP contribution >= 0.6 is 0 Å². The van der Waals surface area contributed by atoms with E-state index in [0.29, 0.717) is 6.42 Å². The van der Waals surface area contributed by atoms with Crippen molar-refractivity contribution in [1.29, 1.82) is 0 Å². The molecule has 2 aliphatic heterocycles. The summed E-state index contributed by atoms with van der Waals surface area (Å²) >= 11 is 0. The third-order valence-electron chi connectivity index (χ3n) is 6.64. The van der Waals surface area contributed by atoms with Gasteiger partial charge in [0.05, 0.1) is 36.5 Å². The van der Waals surface area contributed by atoms with Crippen LogP contribution in [0.25, 0.3) is 0 Å². The molecule has 14 atom stereocenters. The molecule has 0 radical (unpaired) electrons. The van der Waals surface area contributed by atoms with Gasteiger partial charge in [0.15, 0.2) is 12.6 Å². The van der Waals surface area contributed by atoms with Crippen molar-refractivity contribution < 1.29 is 39.4 Å². The third kappa shape index (κ3) is 5.25. The van der Waals surface area contributed by atoms with E-state index in [-0.39, 0.29) is 19.4 Å². The first kappa shape index (κ1) is 26.1. The second kappa shape index (κ2) is 10.8. The fraction of sp³-hybridized carbons (Fsp3) is 1.00. The number of aliphatic hydroxyl groups excluding tert-OH is 4. The van der Waals surface area contributed by atoms with Crippen LogP contribution in [-0.2, 0) is 18.9 Å². The van der Waals surface area contributed by atoms with Crippen LogP contribution in [0.2, 0.25) is 0 Å². The Morgan fingerprint density at radius 2 is 1.31 bits per heavy atom. The zero-order chi connectivity index (χ0) is 23.7. The van der Waals surface area contributed by atoms with Crippen LogP contribution in [-0.4, -0.2) is 113 Å². The highest BCUT2D eigenvalue weighted by Crippen LogP contribution is 2.31. The van der Waals surface area contributed by atoms with Gasteiger partial charge in [-0.15, -0.1) is 0 Å². The topological polar surface area (TPSA) is 248 Å². The van der Waals surface area contributed by atoms with E-state index in [9.17, 15) is 20.4 Å². The van der Waals surface area contributed by atoms with E-state index in [4.69, 9.17) is 47.6 Å². The van der Waals surface area contributed by atoms with Crippen LogP contribution in [0.5, 0.6) is 0 Å². The highest BCUT2D eigenvalue weighted by atomic mass is 16.7. The molecule has 32 heavy (non-hydrogen) atoms. The molecule has 3 rings (SSSR count). The lowest BCUT2D eigenvalue weighted by molar-refractivity contribution is -0.312. The second-order valence-corrected chi connectivity index (χ2v) is 9.01. The molecule has 0 amide bonds. The molecule has 3 fully saturated rings. The van der Waals surface area contributed by atoms with E-state index >= 15 is 0 Å². The molecule has 2 saturated heterocycles. The Balaban J connectivity index is 1.70. The fourth-order valence-corrected chi connectivity index (χ4v) is 4.61. The molecule has 1 unspecified atom stereocenters. The van der Waals surface area contributed by atoms with Crippen molar-refractivity contribution in [2.75, 3.05) is 6.54 Å². The molecular formula is C19H39N5O8. The Morgan fingerprint density at radius 1 is 0.750 bits per heavy atom. The SMILES string of the molecule is CC[C@H]1O[C@H](O[C@H]2C(N)C[C@H](N)[C@@H](O[C@H]3O[C@H](CN)[C@@H](O)C[C@H]3N)[C@@H]2O)[C@H](O)[C@@H](N)[C@@H]1O. The highest BCUT2D eigenvalue weighted by Gasteiger charge is 2.50. The summed E-state index contributed by atoms with van der Waals surface area (Å²) in [6.07, 6.45) is -9.01. The van der Waals surface area contributed by atoms with Crippen molar-refractivity contribution in [2.45, 2.75) is 112 Å². The van der Waals surface area contributed by atoms with E-state index in [1.165, 1.54) is 0 Å². The minimum atomic E-state index is -1.33. The lowest BCUT2D eigenvalue weighted by Gasteiger charge is -2.48. The van der Waals surface area contributed by atoms with Gasteiger partial charge in [-0.3, -0.25) is 0 Å². The first-order chi connectivity index (χ1) is 15.1. The fourth-order valence-electron chi connectivity index (χ4n) is 4.61. The summed E-state index contributed by atoms with van der Waals surface area (Å²) in [5, 5.41) is 41.6. The molecule has 3 aliphatic rings. The molecule has 0 bridgehead atoms. The summed E-state index contributed by atoms with van der Waals surface area (Å²) in [4.78, 5) is 0. The van der Waals surface area contributed by atoms with Gasteiger partial charge in [-0.25, -0.2) is 0 Å². The van der Waals surface area contributed by atoms with E-state index in [2.05, 4.69) is 0 Å². The van der Waals surface area contributed by atoms with Gasteiger partial charge in [0.25, 0.3) is 0 Å². The second-order valence-electron chi connectivity index (χ2n) is 9.01. The molecule has 13 heteroatoms. The Hall–Kier alpha value is -0.520. The highest BCUT2D eigenvalue weighted by molar-refractivity contribution is 5.01. The van der Waals surface area contributed by atoms with Crippen LogP contribution in [0.4, 0.5) is 0 Å². The molecule has 0 aromatic heterocycles. The van der Waals surface area contributed by atoms with Gasteiger partial charge in [-0.05, 0) is 19.3 Å². The summed E-state index contributed by atoms with van der Waals surface area (Å²) in [5.74, 6) is 0.